The van der Waals surface area contributed by atoms with Gasteiger partial charge in [-0.1, -0.05) is 26.7 Å². The molecule has 0 radical (unpaired) electrons. The fourth-order valence-corrected chi connectivity index (χ4v) is 1.88. The Balaban J connectivity index is 2.13. The molecule has 0 saturated heterocycles. The van der Waals surface area contributed by atoms with Gasteiger partial charge in [-0.3, -0.25) is 0 Å². The summed E-state index contributed by atoms with van der Waals surface area (Å²) in [7, 11) is 0. The van der Waals surface area contributed by atoms with Crippen molar-refractivity contribution in [3.63, 3.8) is 0 Å². The van der Waals surface area contributed by atoms with Gasteiger partial charge < -0.3 is 4.74 Å². The van der Waals surface area contributed by atoms with E-state index in [0.717, 1.165) is 24.9 Å². The zero-order valence-corrected chi connectivity index (χ0v) is 8.68. The highest BCUT2D eigenvalue weighted by atomic mass is 16.5. The normalized spacial score (nSPS) is 32.2. The van der Waals surface area contributed by atoms with Crippen LogP contribution in [-0.4, -0.2) is 12.7 Å². The minimum Gasteiger partial charge on any atom is -0.378 e. The van der Waals surface area contributed by atoms with Crippen LogP contribution in [0.4, 0.5) is 0 Å². The van der Waals surface area contributed by atoms with Crippen LogP contribution in [-0.2, 0) is 4.74 Å². The topological polar surface area (TPSA) is 9.23 Å². The van der Waals surface area contributed by atoms with Crippen molar-refractivity contribution in [2.75, 3.05) is 6.61 Å². The maximum Gasteiger partial charge on any atom is 0.0544 e. The first kappa shape index (κ1) is 10.0. The maximum atomic E-state index is 5.75. The van der Waals surface area contributed by atoms with Crippen LogP contribution in [0.25, 0.3) is 0 Å². The van der Waals surface area contributed by atoms with E-state index in [1.54, 1.807) is 0 Å². The summed E-state index contributed by atoms with van der Waals surface area (Å²) in [5.41, 5.74) is 0. The molecule has 1 aliphatic rings. The molecule has 1 fully saturated rings. The van der Waals surface area contributed by atoms with Crippen molar-refractivity contribution in [3.8, 4) is 0 Å². The molecule has 0 aromatic rings. The number of hydrogen-bond acceptors (Lipinski definition) is 1. The molecule has 1 heteroatoms. The number of ether oxygens (including phenoxy) is 1. The average molecular weight is 170 g/mol. The molecule has 0 amide bonds. The summed E-state index contributed by atoms with van der Waals surface area (Å²) in [6, 6.07) is 0. The van der Waals surface area contributed by atoms with Gasteiger partial charge in [0.2, 0.25) is 0 Å². The molecule has 0 aliphatic heterocycles. The molecule has 1 saturated carbocycles. The van der Waals surface area contributed by atoms with Gasteiger partial charge in [0.1, 0.15) is 0 Å². The highest BCUT2D eigenvalue weighted by molar-refractivity contribution is 4.73. The lowest BCUT2D eigenvalue weighted by atomic mass is 9.99. The Hall–Kier alpha value is -0.0400. The molecule has 0 aromatic heterocycles. The molecule has 72 valence electrons. The zero-order valence-electron chi connectivity index (χ0n) is 8.68. The van der Waals surface area contributed by atoms with Gasteiger partial charge in [-0.15, -0.1) is 0 Å². The summed E-state index contributed by atoms with van der Waals surface area (Å²) in [6.07, 6.45) is 5.81. The third-order valence-electron chi connectivity index (χ3n) is 3.21. The van der Waals surface area contributed by atoms with Crippen molar-refractivity contribution in [1.29, 1.82) is 0 Å². The average Bonchev–Trinajstić information content (AvgIpc) is 2.47. The van der Waals surface area contributed by atoms with Gasteiger partial charge in [-0.05, 0) is 31.6 Å². The lowest BCUT2D eigenvalue weighted by Crippen LogP contribution is -2.16. The number of hydrogen-bond donors (Lipinski definition) is 0. The highest BCUT2D eigenvalue weighted by Gasteiger charge is 2.23. The van der Waals surface area contributed by atoms with Crippen LogP contribution >= 0.6 is 0 Å². The van der Waals surface area contributed by atoms with Crippen LogP contribution in [0, 0.1) is 11.8 Å². The Kier molecular flexibility index (Phi) is 4.07. The second kappa shape index (κ2) is 4.86. The predicted octanol–water partition coefficient (Wildman–Crippen LogP) is 3.24. The Bertz CT molecular complexity index is 122. The third-order valence-corrected chi connectivity index (χ3v) is 3.21. The molecule has 0 heterocycles. The van der Waals surface area contributed by atoms with E-state index in [9.17, 15) is 0 Å². The quantitative estimate of drug-likeness (QED) is 0.629. The molecule has 0 bridgehead atoms. The molecule has 0 unspecified atom stereocenters. The van der Waals surface area contributed by atoms with E-state index >= 15 is 0 Å². The summed E-state index contributed by atoms with van der Waals surface area (Å²) in [5.74, 6) is 1.74. The molecule has 12 heavy (non-hydrogen) atoms. The highest BCUT2D eigenvalue weighted by Crippen LogP contribution is 2.31. The van der Waals surface area contributed by atoms with Crippen LogP contribution in [0.3, 0.4) is 0 Å². The van der Waals surface area contributed by atoms with Crippen LogP contribution in [0.2, 0.25) is 0 Å². The van der Waals surface area contributed by atoms with Crippen molar-refractivity contribution < 1.29 is 4.74 Å². The Morgan fingerprint density at radius 3 is 2.67 bits per heavy atom. The SMILES string of the molecule is CC[C@@H](C)OC[C@@H]1CCC[C@H]1C. The summed E-state index contributed by atoms with van der Waals surface area (Å²) >= 11 is 0. The minimum absolute atomic E-state index is 0.456. The lowest BCUT2D eigenvalue weighted by Gasteiger charge is -2.18. The Morgan fingerprint density at radius 1 is 1.42 bits per heavy atom. The summed E-state index contributed by atoms with van der Waals surface area (Å²) in [5, 5.41) is 0. The Morgan fingerprint density at radius 2 is 2.17 bits per heavy atom. The van der Waals surface area contributed by atoms with Gasteiger partial charge in [0.15, 0.2) is 0 Å². The van der Waals surface area contributed by atoms with Crippen molar-refractivity contribution in [3.05, 3.63) is 0 Å². The summed E-state index contributed by atoms with van der Waals surface area (Å²) < 4.78 is 5.75. The molecule has 0 spiro atoms. The largest absolute Gasteiger partial charge is 0.378 e. The summed E-state index contributed by atoms with van der Waals surface area (Å²) in [4.78, 5) is 0. The van der Waals surface area contributed by atoms with Crippen molar-refractivity contribution in [2.45, 2.75) is 52.6 Å². The lowest BCUT2D eigenvalue weighted by molar-refractivity contribution is 0.0309. The van der Waals surface area contributed by atoms with Gasteiger partial charge in [0, 0.05) is 6.61 Å². The number of rotatable bonds is 4. The van der Waals surface area contributed by atoms with Crippen LogP contribution < -0.4 is 0 Å². The van der Waals surface area contributed by atoms with Gasteiger partial charge in [-0.2, -0.15) is 0 Å². The molecule has 1 aliphatic carbocycles. The molecular weight excluding hydrogens is 148 g/mol. The molecule has 3 atom stereocenters. The van der Waals surface area contributed by atoms with Gasteiger partial charge >= 0.3 is 0 Å². The van der Waals surface area contributed by atoms with E-state index in [1.165, 1.54) is 19.3 Å². The van der Waals surface area contributed by atoms with Gasteiger partial charge in [0.25, 0.3) is 0 Å². The molecular formula is C11H22O. The van der Waals surface area contributed by atoms with Crippen molar-refractivity contribution >= 4 is 0 Å². The monoisotopic (exact) mass is 170 g/mol. The first-order valence-electron chi connectivity index (χ1n) is 5.35. The van der Waals surface area contributed by atoms with E-state index in [-0.39, 0.29) is 0 Å². The van der Waals surface area contributed by atoms with Crippen LogP contribution in [0.15, 0.2) is 0 Å². The van der Waals surface area contributed by atoms with E-state index in [2.05, 4.69) is 20.8 Å². The van der Waals surface area contributed by atoms with Crippen LogP contribution in [0.5, 0.6) is 0 Å². The van der Waals surface area contributed by atoms with Gasteiger partial charge in [-0.25, -0.2) is 0 Å². The van der Waals surface area contributed by atoms with Crippen molar-refractivity contribution in [1.82, 2.24) is 0 Å². The fraction of sp³-hybridized carbons (Fsp3) is 1.00. The smallest absolute Gasteiger partial charge is 0.0544 e. The van der Waals surface area contributed by atoms with E-state index < -0.39 is 0 Å². The third kappa shape index (κ3) is 2.78. The second-order valence-electron chi connectivity index (χ2n) is 4.22. The van der Waals surface area contributed by atoms with E-state index in [1.807, 2.05) is 0 Å². The van der Waals surface area contributed by atoms with Gasteiger partial charge in [0.05, 0.1) is 6.10 Å². The second-order valence-corrected chi connectivity index (χ2v) is 4.22. The first-order chi connectivity index (χ1) is 5.74. The molecule has 1 nitrogen and oxygen atoms in total. The minimum atomic E-state index is 0.456. The first-order valence-corrected chi connectivity index (χ1v) is 5.35. The standard InChI is InChI=1S/C11H22O/c1-4-10(3)12-8-11-7-5-6-9(11)2/h9-11H,4-8H2,1-3H3/t9-,10-,11+/m1/s1. The van der Waals surface area contributed by atoms with Crippen LogP contribution in [0.1, 0.15) is 46.5 Å². The molecule has 1 rings (SSSR count). The maximum absolute atomic E-state index is 5.75. The fourth-order valence-electron chi connectivity index (χ4n) is 1.88. The molecule has 0 N–H and O–H groups in total. The zero-order chi connectivity index (χ0) is 8.97. The predicted molar refractivity (Wildman–Crippen MR) is 52.2 cm³/mol. The summed E-state index contributed by atoms with van der Waals surface area (Å²) in [6.45, 7) is 7.70. The van der Waals surface area contributed by atoms with Crippen molar-refractivity contribution in [2.24, 2.45) is 11.8 Å². The van der Waals surface area contributed by atoms with E-state index in [4.69, 9.17) is 4.74 Å². The van der Waals surface area contributed by atoms with E-state index in [0.29, 0.717) is 6.10 Å². The Labute approximate surface area is 76.5 Å². The molecule has 0 aromatic carbocycles.